The maximum absolute atomic E-state index is 13.8. The van der Waals surface area contributed by atoms with Crippen LogP contribution in [0.3, 0.4) is 0 Å². The third-order valence-corrected chi connectivity index (χ3v) is 12.9. The van der Waals surface area contributed by atoms with Crippen LogP contribution in [0.1, 0.15) is 160 Å². The number of amides is 6. The van der Waals surface area contributed by atoms with Crippen molar-refractivity contribution in [2.45, 2.75) is 185 Å². The quantitative estimate of drug-likeness (QED) is 0.0411. The number of allylic oxidation sites excluding steroid dienone is 1. The molecule has 1 aromatic heterocycles. The maximum Gasteiger partial charge on any atom is 0.317 e. The van der Waals surface area contributed by atoms with E-state index < -0.39 is 85.2 Å². The number of nitrogens with one attached hydrogen (secondary N) is 7. The van der Waals surface area contributed by atoms with E-state index in [0.717, 1.165) is 37.9 Å². The first kappa shape index (κ1) is 68.7. The van der Waals surface area contributed by atoms with E-state index in [-0.39, 0.29) is 83.2 Å². The molecule has 27 nitrogen and oxygen atoms in total. The van der Waals surface area contributed by atoms with E-state index in [0.29, 0.717) is 44.5 Å². The molecule has 0 saturated carbocycles. The van der Waals surface area contributed by atoms with Crippen molar-refractivity contribution in [3.8, 4) is 0 Å². The first-order valence-electron chi connectivity index (χ1n) is 28.0. The average Bonchev–Trinajstić information content (AvgIpc) is 4.14. The van der Waals surface area contributed by atoms with Gasteiger partial charge in [0.25, 0.3) is 0 Å². The first-order chi connectivity index (χ1) is 38.1. The Hall–Kier alpha value is -6.45. The standard InChI is InChI=1S/C52H89N13O14/c1-54-42(34-38-20-19-28-55-38)52(77)60-41(25-26-46(68)69)51(76)59-40(22-16-18-30-65(35-47(70)71)36-48(72)73)50(75)58-39(49(53)74)21-15-17-27-56-45(67)37-79-33-32-78-31-29-57-44(66)24-14-12-10-8-6-4-2-3-5-7-9-11-13-23-43-61-63-64-62-43/h20,28,39-42,54H,2-19,21-27,29-37H2,1H3,(H2,53,74)(H,56,67)(H,57,66)(H,58,75)(H,59,76)(H,60,77)(H,68,69)(H,70,71)(H,72,73)(H,61,62,63,64)/t39-,40-,41-,42-/m0/s1. The summed E-state index contributed by atoms with van der Waals surface area (Å²) in [5.74, 6) is -6.54. The lowest BCUT2D eigenvalue weighted by Gasteiger charge is -2.26. The van der Waals surface area contributed by atoms with Gasteiger partial charge < -0.3 is 62.4 Å². The number of carboxylic acids is 3. The second-order valence-corrected chi connectivity index (χ2v) is 19.6. The molecule has 27 heteroatoms. The molecule has 0 aliphatic carbocycles. The van der Waals surface area contributed by atoms with Crippen molar-refractivity contribution in [2.75, 3.05) is 66.2 Å². The second kappa shape index (κ2) is 43.4. The van der Waals surface area contributed by atoms with Gasteiger partial charge in [-0.05, 0) is 71.4 Å². The minimum absolute atomic E-state index is 0.00568. The molecular formula is C52H89N13O14. The lowest BCUT2D eigenvalue weighted by Crippen LogP contribution is -2.57. The van der Waals surface area contributed by atoms with Crippen LogP contribution in [0.5, 0.6) is 0 Å². The summed E-state index contributed by atoms with van der Waals surface area (Å²) in [6.45, 7) is -0.0364. The van der Waals surface area contributed by atoms with Crippen LogP contribution in [0.4, 0.5) is 0 Å². The summed E-state index contributed by atoms with van der Waals surface area (Å²) in [5.41, 5.74) is 6.30. The molecule has 0 spiro atoms. The van der Waals surface area contributed by atoms with Crippen LogP contribution in [0.15, 0.2) is 16.8 Å². The molecule has 4 atom stereocenters. The average molecular weight is 1120 g/mol. The summed E-state index contributed by atoms with van der Waals surface area (Å²) in [6, 6.07) is -4.81. The van der Waals surface area contributed by atoms with Crippen LogP contribution in [-0.4, -0.2) is 191 Å². The summed E-state index contributed by atoms with van der Waals surface area (Å²) in [5, 5.41) is 58.0. The van der Waals surface area contributed by atoms with E-state index in [1.54, 1.807) is 6.21 Å². The van der Waals surface area contributed by atoms with Gasteiger partial charge >= 0.3 is 17.9 Å². The van der Waals surface area contributed by atoms with Gasteiger partial charge in [0.1, 0.15) is 24.7 Å². The molecule has 0 unspecified atom stereocenters. The number of hydrogen-bond donors (Lipinski definition) is 11. The van der Waals surface area contributed by atoms with E-state index in [1.165, 1.54) is 69.7 Å². The number of carboxylic acid groups (broad SMARTS) is 3. The van der Waals surface area contributed by atoms with Gasteiger partial charge in [0.2, 0.25) is 35.4 Å². The van der Waals surface area contributed by atoms with E-state index >= 15 is 0 Å². The van der Waals surface area contributed by atoms with Crippen LogP contribution >= 0.6 is 0 Å². The highest BCUT2D eigenvalue weighted by Crippen LogP contribution is 2.16. The molecule has 1 aliphatic rings. The number of likely N-dealkylation sites (N-methyl/N-ethyl adjacent to an activating group) is 1. The van der Waals surface area contributed by atoms with Crippen LogP contribution in [-0.2, 0) is 59.0 Å². The zero-order valence-corrected chi connectivity index (χ0v) is 46.2. The Balaban J connectivity index is 1.68. The predicted octanol–water partition coefficient (Wildman–Crippen LogP) is 1.42. The van der Waals surface area contributed by atoms with Crippen LogP contribution in [0.2, 0.25) is 0 Å². The Bertz CT molecular complexity index is 2010. The largest absolute Gasteiger partial charge is 0.481 e. The molecule has 1 aliphatic heterocycles. The van der Waals surface area contributed by atoms with Gasteiger partial charge in [-0.15, -0.1) is 10.2 Å². The van der Waals surface area contributed by atoms with Gasteiger partial charge in [0.05, 0.1) is 39.0 Å². The molecule has 6 amide bonds. The number of rotatable bonds is 51. The number of hydrogen-bond acceptors (Lipinski definition) is 17. The summed E-state index contributed by atoms with van der Waals surface area (Å²) in [4.78, 5) is 118. The lowest BCUT2D eigenvalue weighted by molar-refractivity contribution is -0.142. The van der Waals surface area contributed by atoms with Crippen molar-refractivity contribution in [3.63, 3.8) is 0 Å². The van der Waals surface area contributed by atoms with Gasteiger partial charge in [-0.2, -0.15) is 5.21 Å². The van der Waals surface area contributed by atoms with Gasteiger partial charge in [-0.1, -0.05) is 81.9 Å². The number of carbonyl (C=O) groups is 9. The molecule has 12 N–H and O–H groups in total. The number of primary amides is 1. The van der Waals surface area contributed by atoms with E-state index in [9.17, 15) is 58.5 Å². The molecule has 0 saturated heterocycles. The second-order valence-electron chi connectivity index (χ2n) is 19.6. The fourth-order valence-electron chi connectivity index (χ4n) is 8.56. The number of aliphatic imine (C=N–C) groups is 1. The molecule has 1 aromatic rings. The molecule has 446 valence electrons. The number of ether oxygens (including phenoxy) is 2. The van der Waals surface area contributed by atoms with Gasteiger partial charge in [-0.25, -0.2) is 0 Å². The Morgan fingerprint density at radius 3 is 1.75 bits per heavy atom. The van der Waals surface area contributed by atoms with Gasteiger partial charge in [0.15, 0.2) is 5.82 Å². The normalized spacial score (nSPS) is 13.5. The van der Waals surface area contributed by atoms with Crippen molar-refractivity contribution >= 4 is 59.6 Å². The smallest absolute Gasteiger partial charge is 0.317 e. The Labute approximate surface area is 462 Å². The molecule has 0 bridgehead atoms. The number of tetrazole rings is 1. The highest BCUT2D eigenvalue weighted by Gasteiger charge is 2.31. The minimum atomic E-state index is -1.40. The number of carbonyl (C=O) groups excluding carboxylic acids is 6. The predicted molar refractivity (Wildman–Crippen MR) is 290 cm³/mol. The first-order valence-corrected chi connectivity index (χ1v) is 28.0. The van der Waals surface area contributed by atoms with Crippen LogP contribution < -0.4 is 37.6 Å². The van der Waals surface area contributed by atoms with Gasteiger partial charge in [0, 0.05) is 57.1 Å². The Kier molecular flexibility index (Phi) is 37.7. The van der Waals surface area contributed by atoms with E-state index in [2.05, 4.69) is 57.5 Å². The van der Waals surface area contributed by atoms with Crippen molar-refractivity contribution in [1.29, 1.82) is 0 Å². The summed E-state index contributed by atoms with van der Waals surface area (Å²) in [7, 11) is 1.54. The van der Waals surface area contributed by atoms with Gasteiger partial charge in [-0.3, -0.25) is 53.0 Å². The summed E-state index contributed by atoms with van der Waals surface area (Å²) >= 11 is 0. The number of aliphatic carboxylic acids is 3. The lowest BCUT2D eigenvalue weighted by atomic mass is 10.0. The molecule has 0 aromatic carbocycles. The molecule has 0 radical (unpaired) electrons. The third-order valence-electron chi connectivity index (χ3n) is 12.9. The van der Waals surface area contributed by atoms with Crippen molar-refractivity contribution in [3.05, 3.63) is 17.6 Å². The number of H-pyrrole nitrogens is 1. The SMILES string of the molecule is CN[C@@H](CC1=CCC=N1)C(=O)N[C@@H](CCC(=O)O)C(=O)N[C@@H](CCCCN(CC(=O)O)CC(=O)O)C(=O)N[C@@H](CCCCNC(=O)COCCOCCNC(=O)CCCCCCCCCCCCCCCc1nn[nH]n1)C(N)=O. The number of nitrogens with two attached hydrogens (primary N) is 1. The van der Waals surface area contributed by atoms with Crippen molar-refractivity contribution in [2.24, 2.45) is 10.7 Å². The monoisotopic (exact) mass is 1120 g/mol. The Morgan fingerprint density at radius 2 is 1.18 bits per heavy atom. The third kappa shape index (κ3) is 35.6. The maximum atomic E-state index is 13.8. The van der Waals surface area contributed by atoms with Crippen molar-refractivity contribution < 1.29 is 67.9 Å². The van der Waals surface area contributed by atoms with Crippen LogP contribution in [0.25, 0.3) is 0 Å². The van der Waals surface area contributed by atoms with Crippen molar-refractivity contribution in [1.82, 2.24) is 57.4 Å². The molecule has 0 fully saturated rings. The topological polar surface area (TPSA) is 401 Å². The van der Waals surface area contributed by atoms with E-state index in [4.69, 9.17) is 15.2 Å². The number of aromatic nitrogens is 4. The molecule has 2 rings (SSSR count). The summed E-state index contributed by atoms with van der Waals surface area (Å²) in [6.07, 6.45) is 21.2. The zero-order chi connectivity index (χ0) is 57.9. The zero-order valence-electron chi connectivity index (χ0n) is 46.2. The summed E-state index contributed by atoms with van der Waals surface area (Å²) < 4.78 is 10.9. The molecule has 79 heavy (non-hydrogen) atoms. The van der Waals surface area contributed by atoms with Crippen LogP contribution in [0, 0.1) is 0 Å². The number of aryl methyl sites for hydroxylation is 1. The highest BCUT2D eigenvalue weighted by atomic mass is 16.5. The Morgan fingerprint density at radius 1 is 0.620 bits per heavy atom. The fraction of sp³-hybridized carbons (Fsp3) is 0.750. The molecular weight excluding hydrogens is 1030 g/mol. The fourth-order valence-corrected chi connectivity index (χ4v) is 8.56. The highest BCUT2D eigenvalue weighted by molar-refractivity contribution is 5.95. The number of nitrogens with zero attached hydrogens (tertiary/aromatic N) is 5. The molecule has 2 heterocycles. The number of unbranched alkanes of at least 4 members (excludes halogenated alkanes) is 14. The minimum Gasteiger partial charge on any atom is -0.481 e. The van der Waals surface area contributed by atoms with E-state index in [1.807, 2.05) is 6.08 Å². The number of aromatic amines is 1.